The van der Waals surface area contributed by atoms with E-state index >= 15 is 0 Å². The quantitative estimate of drug-likeness (QED) is 0.765. The molecule has 0 aliphatic heterocycles. The zero-order valence-corrected chi connectivity index (χ0v) is 10.1. The van der Waals surface area contributed by atoms with Gasteiger partial charge < -0.3 is 20.5 Å². The number of benzene rings is 1. The zero-order chi connectivity index (χ0) is 12.0. The summed E-state index contributed by atoms with van der Waals surface area (Å²) in [5, 5.41) is 3.23. The molecular weight excluding hydrogens is 204 g/mol. The third-order valence-corrected chi connectivity index (χ3v) is 2.62. The first kappa shape index (κ1) is 12.8. The van der Waals surface area contributed by atoms with E-state index in [-0.39, 0.29) is 6.04 Å². The fraction of sp³-hybridized carbons (Fsp3) is 0.500. The molecule has 0 fully saturated rings. The Kier molecular flexibility index (Phi) is 5.08. The van der Waals surface area contributed by atoms with E-state index in [2.05, 4.69) is 5.32 Å². The van der Waals surface area contributed by atoms with Crippen LogP contribution in [0.4, 0.5) is 0 Å². The molecule has 1 atom stereocenters. The average Bonchev–Trinajstić information content (AvgIpc) is 2.35. The molecule has 0 amide bonds. The first-order valence-corrected chi connectivity index (χ1v) is 5.36. The van der Waals surface area contributed by atoms with Gasteiger partial charge in [-0.25, -0.2) is 0 Å². The van der Waals surface area contributed by atoms with E-state index in [4.69, 9.17) is 15.2 Å². The Morgan fingerprint density at radius 3 is 2.56 bits per heavy atom. The molecule has 0 spiro atoms. The highest BCUT2D eigenvalue weighted by atomic mass is 16.5. The molecule has 0 radical (unpaired) electrons. The van der Waals surface area contributed by atoms with Gasteiger partial charge in [0.25, 0.3) is 0 Å². The molecule has 1 aromatic carbocycles. The van der Waals surface area contributed by atoms with E-state index in [9.17, 15) is 0 Å². The van der Waals surface area contributed by atoms with Crippen molar-refractivity contribution in [2.45, 2.75) is 12.5 Å². The minimum atomic E-state index is 0.214. The number of nitrogens with two attached hydrogens (primary N) is 1. The van der Waals surface area contributed by atoms with Crippen molar-refractivity contribution in [3.63, 3.8) is 0 Å². The van der Waals surface area contributed by atoms with Crippen molar-refractivity contribution in [1.29, 1.82) is 0 Å². The van der Waals surface area contributed by atoms with Crippen LogP contribution >= 0.6 is 0 Å². The van der Waals surface area contributed by atoms with E-state index in [0.717, 1.165) is 23.5 Å². The number of hydrogen-bond acceptors (Lipinski definition) is 4. The number of methoxy groups -OCH3 is 2. The molecule has 0 aliphatic carbocycles. The molecule has 0 saturated heterocycles. The van der Waals surface area contributed by atoms with Gasteiger partial charge in [0.1, 0.15) is 11.5 Å². The third-order valence-electron chi connectivity index (χ3n) is 2.62. The Bertz CT molecular complexity index is 329. The van der Waals surface area contributed by atoms with E-state index in [1.807, 2.05) is 25.2 Å². The SMILES string of the molecule is CNC(CCN)c1ccc(OC)cc1OC. The van der Waals surface area contributed by atoms with Crippen molar-refractivity contribution in [3.8, 4) is 11.5 Å². The topological polar surface area (TPSA) is 56.5 Å². The van der Waals surface area contributed by atoms with Crippen LogP contribution in [-0.4, -0.2) is 27.8 Å². The van der Waals surface area contributed by atoms with Crippen molar-refractivity contribution in [2.75, 3.05) is 27.8 Å². The lowest BCUT2D eigenvalue weighted by atomic mass is 10.0. The van der Waals surface area contributed by atoms with Gasteiger partial charge in [0.15, 0.2) is 0 Å². The Labute approximate surface area is 96.7 Å². The molecule has 0 bridgehead atoms. The summed E-state index contributed by atoms with van der Waals surface area (Å²) in [6, 6.07) is 6.04. The minimum absolute atomic E-state index is 0.214. The molecule has 0 heterocycles. The van der Waals surface area contributed by atoms with E-state index in [1.54, 1.807) is 14.2 Å². The molecule has 1 aromatic rings. The molecule has 3 N–H and O–H groups in total. The van der Waals surface area contributed by atoms with Gasteiger partial charge in [-0.05, 0) is 26.1 Å². The minimum Gasteiger partial charge on any atom is -0.497 e. The van der Waals surface area contributed by atoms with E-state index in [0.29, 0.717) is 6.54 Å². The van der Waals surface area contributed by atoms with Gasteiger partial charge >= 0.3 is 0 Å². The maximum atomic E-state index is 5.58. The highest BCUT2D eigenvalue weighted by Gasteiger charge is 2.14. The zero-order valence-electron chi connectivity index (χ0n) is 10.1. The summed E-state index contributed by atoms with van der Waals surface area (Å²) >= 11 is 0. The summed E-state index contributed by atoms with van der Waals surface area (Å²) in [6.45, 7) is 0.640. The van der Waals surface area contributed by atoms with Gasteiger partial charge in [-0.3, -0.25) is 0 Å². The van der Waals surface area contributed by atoms with Gasteiger partial charge in [-0.1, -0.05) is 6.07 Å². The van der Waals surface area contributed by atoms with Crippen molar-refractivity contribution >= 4 is 0 Å². The Balaban J connectivity index is 3.01. The summed E-state index contributed by atoms with van der Waals surface area (Å²) in [5.74, 6) is 1.62. The molecule has 0 aliphatic rings. The van der Waals surface area contributed by atoms with Crippen LogP contribution in [0.15, 0.2) is 18.2 Å². The highest BCUT2D eigenvalue weighted by Crippen LogP contribution is 2.30. The molecule has 0 aromatic heterocycles. The maximum Gasteiger partial charge on any atom is 0.127 e. The first-order chi connectivity index (χ1) is 7.76. The van der Waals surface area contributed by atoms with Gasteiger partial charge in [0.2, 0.25) is 0 Å². The first-order valence-electron chi connectivity index (χ1n) is 5.36. The van der Waals surface area contributed by atoms with Crippen LogP contribution in [0, 0.1) is 0 Å². The largest absolute Gasteiger partial charge is 0.497 e. The van der Waals surface area contributed by atoms with Crippen LogP contribution < -0.4 is 20.5 Å². The summed E-state index contributed by atoms with van der Waals surface area (Å²) in [4.78, 5) is 0. The Morgan fingerprint density at radius 2 is 2.06 bits per heavy atom. The highest BCUT2D eigenvalue weighted by molar-refractivity contribution is 5.42. The fourth-order valence-electron chi connectivity index (χ4n) is 1.73. The average molecular weight is 224 g/mol. The summed E-state index contributed by atoms with van der Waals surface area (Å²) in [5.41, 5.74) is 6.69. The van der Waals surface area contributed by atoms with Gasteiger partial charge in [0, 0.05) is 17.7 Å². The second-order valence-corrected chi connectivity index (χ2v) is 3.53. The van der Waals surface area contributed by atoms with E-state index in [1.165, 1.54) is 0 Å². The van der Waals surface area contributed by atoms with Crippen LogP contribution in [0.2, 0.25) is 0 Å². The maximum absolute atomic E-state index is 5.58. The van der Waals surface area contributed by atoms with Crippen molar-refractivity contribution in [1.82, 2.24) is 5.32 Å². The Morgan fingerprint density at radius 1 is 1.31 bits per heavy atom. The van der Waals surface area contributed by atoms with Crippen LogP contribution in [0.3, 0.4) is 0 Å². The van der Waals surface area contributed by atoms with Crippen LogP contribution in [0.25, 0.3) is 0 Å². The Hall–Kier alpha value is -1.26. The van der Waals surface area contributed by atoms with Crippen LogP contribution in [0.1, 0.15) is 18.0 Å². The molecule has 4 heteroatoms. The van der Waals surface area contributed by atoms with Gasteiger partial charge in [-0.15, -0.1) is 0 Å². The normalized spacial score (nSPS) is 12.2. The van der Waals surface area contributed by atoms with Gasteiger partial charge in [0.05, 0.1) is 14.2 Å². The molecule has 1 unspecified atom stereocenters. The molecule has 1 rings (SSSR count). The lowest BCUT2D eigenvalue weighted by molar-refractivity contribution is 0.384. The summed E-state index contributed by atoms with van der Waals surface area (Å²) < 4.78 is 10.5. The number of rotatable bonds is 6. The number of hydrogen-bond donors (Lipinski definition) is 2. The van der Waals surface area contributed by atoms with Crippen molar-refractivity contribution < 1.29 is 9.47 Å². The summed E-state index contributed by atoms with van der Waals surface area (Å²) in [7, 11) is 5.22. The molecule has 0 saturated carbocycles. The number of nitrogens with one attached hydrogen (secondary N) is 1. The van der Waals surface area contributed by atoms with Gasteiger partial charge in [-0.2, -0.15) is 0 Å². The lowest BCUT2D eigenvalue weighted by Crippen LogP contribution is -2.20. The smallest absolute Gasteiger partial charge is 0.127 e. The van der Waals surface area contributed by atoms with Crippen LogP contribution in [0.5, 0.6) is 11.5 Å². The van der Waals surface area contributed by atoms with E-state index < -0.39 is 0 Å². The molecule has 4 nitrogen and oxygen atoms in total. The predicted octanol–water partition coefficient (Wildman–Crippen LogP) is 1.31. The van der Waals surface area contributed by atoms with Crippen LogP contribution in [-0.2, 0) is 0 Å². The lowest BCUT2D eigenvalue weighted by Gasteiger charge is -2.19. The predicted molar refractivity (Wildman–Crippen MR) is 65.0 cm³/mol. The molecule has 90 valence electrons. The fourth-order valence-corrected chi connectivity index (χ4v) is 1.73. The second kappa shape index (κ2) is 6.35. The molecule has 16 heavy (non-hydrogen) atoms. The monoisotopic (exact) mass is 224 g/mol. The number of ether oxygens (including phenoxy) is 2. The second-order valence-electron chi connectivity index (χ2n) is 3.53. The summed E-state index contributed by atoms with van der Waals surface area (Å²) in [6.07, 6.45) is 0.874. The van der Waals surface area contributed by atoms with Crippen molar-refractivity contribution in [3.05, 3.63) is 23.8 Å². The standard InChI is InChI=1S/C12H20N2O2/c1-14-11(6-7-13)10-5-4-9(15-2)8-12(10)16-3/h4-5,8,11,14H,6-7,13H2,1-3H3. The third kappa shape index (κ3) is 2.87. The van der Waals surface area contributed by atoms with Crippen molar-refractivity contribution in [2.24, 2.45) is 5.73 Å². The molecular formula is C12H20N2O2.